The van der Waals surface area contributed by atoms with Crippen LogP contribution in [-0.2, 0) is 6.54 Å². The number of benzene rings is 2. The number of hydrogen-bond acceptors (Lipinski definition) is 5. The van der Waals surface area contributed by atoms with Crippen LogP contribution < -0.4 is 4.74 Å². The maximum absolute atomic E-state index is 5.52. The first-order chi connectivity index (χ1) is 13.2. The molecular formula is C21H20N4O2. The fraction of sp³-hybridized carbons (Fsp3) is 0.190. The third-order valence-corrected chi connectivity index (χ3v) is 4.52. The van der Waals surface area contributed by atoms with Crippen molar-refractivity contribution in [1.29, 1.82) is 0 Å². The first-order valence-corrected chi connectivity index (χ1v) is 8.81. The lowest BCUT2D eigenvalue weighted by Gasteiger charge is -2.05. The molecule has 0 spiro atoms. The fourth-order valence-corrected chi connectivity index (χ4v) is 3.10. The summed E-state index contributed by atoms with van der Waals surface area (Å²) in [5, 5.41) is 8.51. The fourth-order valence-electron chi connectivity index (χ4n) is 3.10. The van der Waals surface area contributed by atoms with Gasteiger partial charge in [-0.15, -0.1) is 0 Å². The van der Waals surface area contributed by atoms with Gasteiger partial charge >= 0.3 is 0 Å². The van der Waals surface area contributed by atoms with Gasteiger partial charge in [-0.2, -0.15) is 10.1 Å². The topological polar surface area (TPSA) is 66.0 Å². The van der Waals surface area contributed by atoms with Crippen LogP contribution in [0.25, 0.3) is 34.1 Å². The Balaban J connectivity index is 1.69. The Hall–Kier alpha value is -3.41. The van der Waals surface area contributed by atoms with E-state index in [4.69, 9.17) is 9.26 Å². The molecule has 0 amide bonds. The van der Waals surface area contributed by atoms with E-state index in [0.717, 1.165) is 40.2 Å². The normalized spacial score (nSPS) is 10.9. The standard InChI is InChI=1S/C21H20N4O2/c1-4-25-19(10-11-22-25)15-6-5-7-16(13-15)20-23-21(27-24-20)18-9-8-17(26-3)12-14(18)2/h5-13H,4H2,1-3H3. The Morgan fingerprint density at radius 1 is 1.07 bits per heavy atom. The van der Waals surface area contributed by atoms with Gasteiger partial charge in [-0.25, -0.2) is 0 Å². The summed E-state index contributed by atoms with van der Waals surface area (Å²) < 4.78 is 12.7. The van der Waals surface area contributed by atoms with Gasteiger partial charge in [0.2, 0.25) is 5.82 Å². The lowest BCUT2D eigenvalue weighted by Crippen LogP contribution is -1.98. The minimum atomic E-state index is 0.495. The van der Waals surface area contributed by atoms with Gasteiger partial charge in [-0.05, 0) is 49.7 Å². The van der Waals surface area contributed by atoms with Crippen LogP contribution in [0, 0.1) is 6.92 Å². The number of nitrogens with zero attached hydrogens (tertiary/aromatic N) is 4. The summed E-state index contributed by atoms with van der Waals surface area (Å²) in [4.78, 5) is 4.59. The molecule has 2 aromatic heterocycles. The number of hydrogen-bond donors (Lipinski definition) is 0. The van der Waals surface area contributed by atoms with Crippen LogP contribution in [0.2, 0.25) is 0 Å². The largest absolute Gasteiger partial charge is 0.497 e. The highest BCUT2D eigenvalue weighted by atomic mass is 16.5. The van der Waals surface area contributed by atoms with E-state index in [9.17, 15) is 0 Å². The zero-order chi connectivity index (χ0) is 18.8. The third-order valence-electron chi connectivity index (χ3n) is 4.52. The highest BCUT2D eigenvalue weighted by Gasteiger charge is 2.14. The summed E-state index contributed by atoms with van der Waals surface area (Å²) in [6, 6.07) is 15.9. The van der Waals surface area contributed by atoms with Gasteiger partial charge in [0, 0.05) is 29.4 Å². The molecule has 6 heteroatoms. The maximum atomic E-state index is 5.52. The van der Waals surface area contributed by atoms with E-state index in [0.29, 0.717) is 11.7 Å². The van der Waals surface area contributed by atoms with E-state index in [2.05, 4.69) is 34.3 Å². The van der Waals surface area contributed by atoms with Gasteiger partial charge in [-0.3, -0.25) is 4.68 Å². The van der Waals surface area contributed by atoms with E-state index in [1.54, 1.807) is 7.11 Å². The Morgan fingerprint density at radius 2 is 1.93 bits per heavy atom. The third kappa shape index (κ3) is 3.21. The molecule has 6 nitrogen and oxygen atoms in total. The molecule has 136 valence electrons. The van der Waals surface area contributed by atoms with Crippen molar-refractivity contribution in [2.24, 2.45) is 0 Å². The van der Waals surface area contributed by atoms with Gasteiger partial charge in [0.1, 0.15) is 5.75 Å². The van der Waals surface area contributed by atoms with Gasteiger partial charge in [0.25, 0.3) is 5.89 Å². The van der Waals surface area contributed by atoms with Crippen molar-refractivity contribution in [3.05, 3.63) is 60.3 Å². The van der Waals surface area contributed by atoms with Crippen LogP contribution >= 0.6 is 0 Å². The Kier molecular flexibility index (Phi) is 4.46. The summed E-state index contributed by atoms with van der Waals surface area (Å²) in [6.45, 7) is 4.88. The molecule has 0 bridgehead atoms. The molecule has 0 fully saturated rings. The Morgan fingerprint density at radius 3 is 2.70 bits per heavy atom. The quantitative estimate of drug-likeness (QED) is 0.520. The van der Waals surface area contributed by atoms with Crippen molar-refractivity contribution in [2.75, 3.05) is 7.11 Å². The molecule has 0 aliphatic carbocycles. The predicted octanol–water partition coefficient (Wildman–Crippen LogP) is 4.60. The second-order valence-electron chi connectivity index (χ2n) is 6.22. The van der Waals surface area contributed by atoms with Crippen LogP contribution in [0.1, 0.15) is 12.5 Å². The van der Waals surface area contributed by atoms with E-state index in [-0.39, 0.29) is 0 Å². The van der Waals surface area contributed by atoms with E-state index < -0.39 is 0 Å². The number of methoxy groups -OCH3 is 1. The summed E-state index contributed by atoms with van der Waals surface area (Å²) in [5.74, 6) is 1.86. The number of aryl methyl sites for hydroxylation is 2. The number of aromatic nitrogens is 4. The van der Waals surface area contributed by atoms with Gasteiger partial charge in [0.05, 0.1) is 12.8 Å². The van der Waals surface area contributed by atoms with E-state index in [1.165, 1.54) is 0 Å². The van der Waals surface area contributed by atoms with Crippen molar-refractivity contribution >= 4 is 0 Å². The summed E-state index contributed by atoms with van der Waals surface area (Å²) >= 11 is 0. The molecule has 0 unspecified atom stereocenters. The summed E-state index contributed by atoms with van der Waals surface area (Å²) in [7, 11) is 1.65. The van der Waals surface area contributed by atoms with Crippen LogP contribution in [0.15, 0.2) is 59.3 Å². The zero-order valence-electron chi connectivity index (χ0n) is 15.5. The molecule has 2 aromatic carbocycles. The summed E-state index contributed by atoms with van der Waals surface area (Å²) in [6.07, 6.45) is 1.81. The van der Waals surface area contributed by atoms with Gasteiger partial charge in [0.15, 0.2) is 0 Å². The van der Waals surface area contributed by atoms with Crippen LogP contribution in [0.5, 0.6) is 5.75 Å². The van der Waals surface area contributed by atoms with Crippen LogP contribution in [0.4, 0.5) is 0 Å². The van der Waals surface area contributed by atoms with Gasteiger partial charge < -0.3 is 9.26 Å². The molecule has 0 saturated heterocycles. The second-order valence-corrected chi connectivity index (χ2v) is 6.22. The first kappa shape index (κ1) is 17.0. The van der Waals surface area contributed by atoms with Crippen molar-refractivity contribution < 1.29 is 9.26 Å². The molecule has 4 rings (SSSR count). The molecule has 2 heterocycles. The highest BCUT2D eigenvalue weighted by molar-refractivity contribution is 5.69. The molecule has 4 aromatic rings. The minimum absolute atomic E-state index is 0.495. The van der Waals surface area contributed by atoms with Crippen molar-refractivity contribution in [2.45, 2.75) is 20.4 Å². The molecule has 0 saturated carbocycles. The number of ether oxygens (including phenoxy) is 1. The Labute approximate surface area is 157 Å². The first-order valence-electron chi connectivity index (χ1n) is 8.81. The highest BCUT2D eigenvalue weighted by Crippen LogP contribution is 2.29. The molecule has 27 heavy (non-hydrogen) atoms. The van der Waals surface area contributed by atoms with Gasteiger partial charge in [-0.1, -0.05) is 23.4 Å². The van der Waals surface area contributed by atoms with Crippen molar-refractivity contribution in [3.8, 4) is 39.8 Å². The molecule has 0 atom stereocenters. The minimum Gasteiger partial charge on any atom is -0.497 e. The van der Waals surface area contributed by atoms with Crippen molar-refractivity contribution in [3.63, 3.8) is 0 Å². The molecule has 0 N–H and O–H groups in total. The predicted molar refractivity (Wildman–Crippen MR) is 103 cm³/mol. The van der Waals surface area contributed by atoms with Crippen molar-refractivity contribution in [1.82, 2.24) is 19.9 Å². The maximum Gasteiger partial charge on any atom is 0.258 e. The second kappa shape index (κ2) is 7.07. The average Bonchev–Trinajstić information content (AvgIpc) is 3.37. The molecule has 0 aliphatic heterocycles. The number of rotatable bonds is 5. The average molecular weight is 360 g/mol. The Bertz CT molecular complexity index is 1080. The van der Waals surface area contributed by atoms with E-state index in [1.807, 2.05) is 54.2 Å². The monoisotopic (exact) mass is 360 g/mol. The molecular weight excluding hydrogens is 340 g/mol. The molecule has 0 radical (unpaired) electrons. The SMILES string of the molecule is CCn1nccc1-c1cccc(-c2noc(-c3ccc(OC)cc3C)n2)c1. The van der Waals surface area contributed by atoms with E-state index >= 15 is 0 Å². The van der Waals surface area contributed by atoms with Crippen LogP contribution in [-0.4, -0.2) is 27.0 Å². The summed E-state index contributed by atoms with van der Waals surface area (Å²) in [5.41, 5.74) is 4.95. The lowest BCUT2D eigenvalue weighted by atomic mass is 10.1. The smallest absolute Gasteiger partial charge is 0.258 e. The van der Waals surface area contributed by atoms with Crippen LogP contribution in [0.3, 0.4) is 0 Å². The molecule has 0 aliphatic rings. The lowest BCUT2D eigenvalue weighted by molar-refractivity contribution is 0.414. The zero-order valence-corrected chi connectivity index (χ0v) is 15.5.